The number of carboxylic acid groups (broad SMARTS) is 1. The third-order valence-corrected chi connectivity index (χ3v) is 7.16. The number of aromatic nitrogens is 1. The lowest BCUT2D eigenvalue weighted by Crippen LogP contribution is -2.43. The molecule has 2 aromatic carbocycles. The lowest BCUT2D eigenvalue weighted by Gasteiger charge is -2.38. The van der Waals surface area contributed by atoms with Gasteiger partial charge in [-0.15, -0.1) is 13.2 Å². The van der Waals surface area contributed by atoms with Crippen molar-refractivity contribution in [2.24, 2.45) is 0 Å². The summed E-state index contributed by atoms with van der Waals surface area (Å²) in [6.45, 7) is 0.120. The van der Waals surface area contributed by atoms with Crippen LogP contribution in [0.4, 0.5) is 18.0 Å². The smallest absolute Gasteiger partial charge is 0.490 e. The van der Waals surface area contributed by atoms with Crippen molar-refractivity contribution < 1.29 is 41.0 Å². The first kappa shape index (κ1) is 27.0. The topological polar surface area (TPSA) is 115 Å². The van der Waals surface area contributed by atoms with Gasteiger partial charge in [0.25, 0.3) is 5.56 Å². The first-order valence-corrected chi connectivity index (χ1v) is 13.2. The number of rotatable bonds is 6. The second kappa shape index (κ2) is 10.4. The number of alkyl halides is 3. The zero-order valence-corrected chi connectivity index (χ0v) is 20.8. The Hall–Kier alpha value is -4.00. The fourth-order valence-corrected chi connectivity index (χ4v) is 4.90. The summed E-state index contributed by atoms with van der Waals surface area (Å²) < 4.78 is 71.9. The van der Waals surface area contributed by atoms with E-state index in [4.69, 9.17) is 4.74 Å². The molecule has 13 heteroatoms. The molecule has 3 aromatic rings. The summed E-state index contributed by atoms with van der Waals surface area (Å²) in [4.78, 5) is 25.8. The van der Waals surface area contributed by atoms with E-state index in [-0.39, 0.29) is 23.6 Å². The van der Waals surface area contributed by atoms with Crippen LogP contribution in [0.3, 0.4) is 0 Å². The van der Waals surface area contributed by atoms with E-state index >= 15 is 0 Å². The fourth-order valence-electron chi connectivity index (χ4n) is 4.27. The normalized spacial score (nSPS) is 18.2. The van der Waals surface area contributed by atoms with Gasteiger partial charge in [-0.25, -0.2) is 13.2 Å². The number of hydrogen-bond donors (Lipinski definition) is 1. The van der Waals surface area contributed by atoms with Crippen molar-refractivity contribution in [3.8, 4) is 17.2 Å². The third-order valence-electron chi connectivity index (χ3n) is 6.04. The maximum absolute atomic E-state index is 12.7. The van der Waals surface area contributed by atoms with Gasteiger partial charge in [0.15, 0.2) is 9.84 Å². The number of piperidine rings is 1. The van der Waals surface area contributed by atoms with Crippen molar-refractivity contribution in [3.05, 3.63) is 82.8 Å². The van der Waals surface area contributed by atoms with E-state index < -0.39 is 45.7 Å². The van der Waals surface area contributed by atoms with Gasteiger partial charge in [0, 0.05) is 43.6 Å². The van der Waals surface area contributed by atoms with E-state index in [1.54, 1.807) is 6.07 Å². The number of amides is 1. The highest BCUT2D eigenvalue weighted by Crippen LogP contribution is 2.34. The summed E-state index contributed by atoms with van der Waals surface area (Å²) in [5.74, 6) is -0.154. The predicted octanol–water partition coefficient (Wildman–Crippen LogP) is 4.40. The highest BCUT2D eigenvalue weighted by Gasteiger charge is 2.35. The molecule has 1 saturated heterocycles. The van der Waals surface area contributed by atoms with E-state index in [2.05, 4.69) is 4.74 Å². The minimum Gasteiger partial charge on any atom is -0.490 e. The maximum atomic E-state index is 12.7. The molecular formula is C25H23F3N2O7S. The second-order valence-electron chi connectivity index (χ2n) is 8.71. The van der Waals surface area contributed by atoms with Crippen LogP contribution in [0.1, 0.15) is 24.4 Å². The number of hydrogen-bond acceptors (Lipinski definition) is 6. The molecular weight excluding hydrogens is 529 g/mol. The SMILES string of the molecule is CS(=O)(=O)c1ccc(-n2ccc(OC3CCN(C(=O)O)C(c4ccc(OC(F)(F)F)cc4)C3)cc2=O)cc1. The van der Waals surface area contributed by atoms with Crippen LogP contribution in [0.25, 0.3) is 5.69 Å². The molecule has 1 aliphatic rings. The highest BCUT2D eigenvalue weighted by atomic mass is 32.2. The Morgan fingerprint density at radius 1 is 1.03 bits per heavy atom. The van der Waals surface area contributed by atoms with E-state index in [1.807, 2.05) is 0 Å². The van der Waals surface area contributed by atoms with Gasteiger partial charge in [-0.1, -0.05) is 12.1 Å². The van der Waals surface area contributed by atoms with Crippen molar-refractivity contribution in [2.45, 2.75) is 36.2 Å². The molecule has 1 fully saturated rings. The number of ether oxygens (including phenoxy) is 2. The van der Waals surface area contributed by atoms with Crippen LogP contribution in [0.15, 0.2) is 76.6 Å². The van der Waals surface area contributed by atoms with Crippen LogP contribution in [-0.2, 0) is 9.84 Å². The number of pyridine rings is 1. The number of sulfone groups is 1. The standard InChI is InChI=1S/C25H23F3N2O7S/c1-38(34,35)21-8-4-17(5-9-21)29-12-10-20(15-23(29)31)36-19-11-13-30(24(32)33)22(14-19)16-2-6-18(7-3-16)37-25(26,27)28/h2-10,12,15,19,22H,11,13-14H2,1H3,(H,32,33). The zero-order chi connectivity index (χ0) is 27.7. The van der Waals surface area contributed by atoms with Crippen LogP contribution in [-0.4, -0.2) is 54.4 Å². The number of halogens is 3. The Bertz CT molecular complexity index is 1470. The van der Waals surface area contributed by atoms with E-state index in [0.717, 1.165) is 18.4 Å². The molecule has 0 saturated carbocycles. The first-order chi connectivity index (χ1) is 17.8. The average Bonchev–Trinajstić information content (AvgIpc) is 2.83. The summed E-state index contributed by atoms with van der Waals surface area (Å²) in [6, 6.07) is 13.0. The van der Waals surface area contributed by atoms with Gasteiger partial charge in [0.1, 0.15) is 17.6 Å². The van der Waals surface area contributed by atoms with Crippen molar-refractivity contribution in [3.63, 3.8) is 0 Å². The Morgan fingerprint density at radius 3 is 2.24 bits per heavy atom. The number of benzene rings is 2. The summed E-state index contributed by atoms with van der Waals surface area (Å²) in [7, 11) is -3.38. The van der Waals surface area contributed by atoms with Gasteiger partial charge >= 0.3 is 12.5 Å². The summed E-state index contributed by atoms with van der Waals surface area (Å²) in [5, 5.41) is 9.62. The predicted molar refractivity (Wildman–Crippen MR) is 129 cm³/mol. The number of nitrogens with zero attached hydrogens (tertiary/aromatic N) is 2. The summed E-state index contributed by atoms with van der Waals surface area (Å²) >= 11 is 0. The van der Waals surface area contributed by atoms with Gasteiger partial charge in [-0.3, -0.25) is 9.36 Å². The third kappa shape index (κ3) is 6.46. The lowest BCUT2D eigenvalue weighted by atomic mass is 9.93. The van der Waals surface area contributed by atoms with Crippen LogP contribution in [0.5, 0.6) is 11.5 Å². The zero-order valence-electron chi connectivity index (χ0n) is 20.0. The molecule has 202 valence electrons. The van der Waals surface area contributed by atoms with Gasteiger partial charge < -0.3 is 19.5 Å². The van der Waals surface area contributed by atoms with E-state index in [1.165, 1.54) is 58.1 Å². The van der Waals surface area contributed by atoms with Crippen LogP contribution in [0.2, 0.25) is 0 Å². The van der Waals surface area contributed by atoms with E-state index in [0.29, 0.717) is 17.7 Å². The van der Waals surface area contributed by atoms with Gasteiger partial charge in [0.2, 0.25) is 0 Å². The molecule has 38 heavy (non-hydrogen) atoms. The highest BCUT2D eigenvalue weighted by molar-refractivity contribution is 7.90. The van der Waals surface area contributed by atoms with Crippen LogP contribution in [0, 0.1) is 0 Å². The molecule has 0 aliphatic carbocycles. The number of carbonyl (C=O) groups is 1. The maximum Gasteiger partial charge on any atom is 0.573 e. The van der Waals surface area contributed by atoms with Gasteiger partial charge in [-0.05, 0) is 48.0 Å². The minimum absolute atomic E-state index is 0.120. The quantitative estimate of drug-likeness (QED) is 0.482. The van der Waals surface area contributed by atoms with E-state index in [9.17, 15) is 36.3 Å². The van der Waals surface area contributed by atoms with Crippen molar-refractivity contribution in [1.29, 1.82) is 0 Å². The molecule has 1 amide bonds. The monoisotopic (exact) mass is 552 g/mol. The molecule has 2 heterocycles. The number of likely N-dealkylation sites (tertiary alicyclic amines) is 1. The molecule has 1 aromatic heterocycles. The van der Waals surface area contributed by atoms with Crippen LogP contribution < -0.4 is 15.0 Å². The summed E-state index contributed by atoms with van der Waals surface area (Å²) in [5.41, 5.74) is 0.513. The van der Waals surface area contributed by atoms with Crippen molar-refractivity contribution >= 4 is 15.9 Å². The minimum atomic E-state index is -4.84. The first-order valence-electron chi connectivity index (χ1n) is 11.4. The lowest BCUT2D eigenvalue weighted by molar-refractivity contribution is -0.274. The molecule has 9 nitrogen and oxygen atoms in total. The summed E-state index contributed by atoms with van der Waals surface area (Å²) in [6.07, 6.45) is -3.36. The Kier molecular flexibility index (Phi) is 7.40. The fraction of sp³-hybridized carbons (Fsp3) is 0.280. The second-order valence-corrected chi connectivity index (χ2v) is 10.7. The molecule has 0 radical (unpaired) electrons. The molecule has 0 spiro atoms. The average molecular weight is 553 g/mol. The van der Waals surface area contributed by atoms with Gasteiger partial charge in [-0.2, -0.15) is 0 Å². The molecule has 2 atom stereocenters. The van der Waals surface area contributed by atoms with Gasteiger partial charge in [0.05, 0.1) is 10.9 Å². The molecule has 1 N–H and O–H groups in total. The molecule has 2 unspecified atom stereocenters. The van der Waals surface area contributed by atoms with Crippen LogP contribution >= 0.6 is 0 Å². The Balaban J connectivity index is 1.49. The van der Waals surface area contributed by atoms with Crippen molar-refractivity contribution in [1.82, 2.24) is 9.47 Å². The largest absolute Gasteiger partial charge is 0.573 e. The molecule has 1 aliphatic heterocycles. The Labute approximate surface area is 215 Å². The Morgan fingerprint density at radius 2 is 1.68 bits per heavy atom. The molecule has 0 bridgehead atoms. The van der Waals surface area contributed by atoms with Crippen molar-refractivity contribution in [2.75, 3.05) is 12.8 Å². The molecule has 4 rings (SSSR count).